The molecule has 9 heteroatoms. The Hall–Kier alpha value is -2.82. The van der Waals surface area contributed by atoms with Crippen molar-refractivity contribution in [1.82, 2.24) is 25.0 Å². The highest BCUT2D eigenvalue weighted by Gasteiger charge is 2.26. The molecule has 34 heavy (non-hydrogen) atoms. The minimum atomic E-state index is 0. The highest BCUT2D eigenvalue weighted by molar-refractivity contribution is 14.0. The van der Waals surface area contributed by atoms with Gasteiger partial charge in [-0.25, -0.2) is 9.98 Å². The summed E-state index contributed by atoms with van der Waals surface area (Å²) >= 11 is 0. The lowest BCUT2D eigenvalue weighted by Crippen LogP contribution is -2.40. The molecule has 0 saturated carbocycles. The molecule has 1 N–H and O–H groups in total. The molecule has 0 spiro atoms. The summed E-state index contributed by atoms with van der Waals surface area (Å²) in [5.74, 6) is 3.52. The van der Waals surface area contributed by atoms with Crippen LogP contribution in [0.25, 0.3) is 0 Å². The third-order valence-corrected chi connectivity index (χ3v) is 5.59. The standard InChI is InChI=1S/C25H32N6O2.HI/c1-4-26-25(31-13-11-20(18-31)21-16-29-30(3)17-21)28-15-19-10-12-27-24(14-19)33-23-8-6-22(7-9-23)32-5-2;/h6-10,12,14,16-17,20H,4-5,11,13,15,18H2,1-3H3,(H,26,28);1H. The van der Waals surface area contributed by atoms with Gasteiger partial charge in [0, 0.05) is 51.1 Å². The number of nitrogens with one attached hydrogen (secondary N) is 1. The van der Waals surface area contributed by atoms with E-state index in [1.54, 1.807) is 6.20 Å². The first-order valence-corrected chi connectivity index (χ1v) is 11.5. The SMILES string of the molecule is CCNC(=NCc1ccnc(Oc2ccc(OCC)cc2)c1)N1CCC(c2cnn(C)c2)C1.I. The molecule has 1 fully saturated rings. The van der Waals surface area contributed by atoms with Crippen LogP contribution in [0.15, 0.2) is 60.0 Å². The van der Waals surface area contributed by atoms with Crippen LogP contribution < -0.4 is 14.8 Å². The van der Waals surface area contributed by atoms with Crippen molar-refractivity contribution >= 4 is 29.9 Å². The lowest BCUT2D eigenvalue weighted by molar-refractivity contribution is 0.339. The van der Waals surface area contributed by atoms with Gasteiger partial charge in [-0.05, 0) is 61.7 Å². The number of hydrogen-bond donors (Lipinski definition) is 1. The maximum atomic E-state index is 5.92. The predicted molar refractivity (Wildman–Crippen MR) is 144 cm³/mol. The number of aryl methyl sites for hydroxylation is 1. The molecule has 2 aromatic heterocycles. The number of guanidine groups is 1. The van der Waals surface area contributed by atoms with Gasteiger partial charge in [0.1, 0.15) is 11.5 Å². The molecule has 0 amide bonds. The van der Waals surface area contributed by atoms with Crippen molar-refractivity contribution in [3.63, 3.8) is 0 Å². The highest BCUT2D eigenvalue weighted by atomic mass is 127. The van der Waals surface area contributed by atoms with Gasteiger partial charge in [-0.3, -0.25) is 4.68 Å². The van der Waals surface area contributed by atoms with E-state index in [0.717, 1.165) is 49.1 Å². The Morgan fingerprint density at radius 2 is 1.97 bits per heavy atom. The quantitative estimate of drug-likeness (QED) is 0.241. The number of hydrogen-bond acceptors (Lipinski definition) is 5. The van der Waals surface area contributed by atoms with Gasteiger partial charge in [0.25, 0.3) is 0 Å². The zero-order valence-electron chi connectivity index (χ0n) is 20.0. The zero-order chi connectivity index (χ0) is 23.0. The van der Waals surface area contributed by atoms with E-state index in [0.29, 0.717) is 24.9 Å². The van der Waals surface area contributed by atoms with Crippen LogP contribution in [0, 0.1) is 0 Å². The van der Waals surface area contributed by atoms with E-state index >= 15 is 0 Å². The third-order valence-electron chi connectivity index (χ3n) is 5.59. The van der Waals surface area contributed by atoms with Crippen molar-refractivity contribution in [2.75, 3.05) is 26.2 Å². The summed E-state index contributed by atoms with van der Waals surface area (Å²) in [5, 5.41) is 7.76. The molecule has 0 aliphatic carbocycles. The van der Waals surface area contributed by atoms with Gasteiger partial charge in [0.2, 0.25) is 5.88 Å². The van der Waals surface area contributed by atoms with Crippen LogP contribution in [-0.2, 0) is 13.6 Å². The number of nitrogens with zero attached hydrogens (tertiary/aromatic N) is 5. The van der Waals surface area contributed by atoms with E-state index in [-0.39, 0.29) is 24.0 Å². The summed E-state index contributed by atoms with van der Waals surface area (Å²) in [6.07, 6.45) is 6.95. The molecule has 0 radical (unpaired) electrons. The molecule has 4 rings (SSSR count). The fourth-order valence-electron chi connectivity index (χ4n) is 3.96. The molecule has 1 atom stereocenters. The average molecular weight is 576 g/mol. The fraction of sp³-hybridized carbons (Fsp3) is 0.400. The number of halogens is 1. The van der Waals surface area contributed by atoms with Crippen LogP contribution in [0.2, 0.25) is 0 Å². The van der Waals surface area contributed by atoms with E-state index in [4.69, 9.17) is 14.5 Å². The predicted octanol–water partition coefficient (Wildman–Crippen LogP) is 4.58. The molecule has 3 aromatic rings. The minimum Gasteiger partial charge on any atom is -0.494 e. The summed E-state index contributed by atoms with van der Waals surface area (Å²) < 4.78 is 13.3. The van der Waals surface area contributed by atoms with Crippen LogP contribution in [0.3, 0.4) is 0 Å². The van der Waals surface area contributed by atoms with Crippen molar-refractivity contribution < 1.29 is 9.47 Å². The smallest absolute Gasteiger partial charge is 0.219 e. The van der Waals surface area contributed by atoms with E-state index in [1.165, 1.54) is 5.56 Å². The lowest BCUT2D eigenvalue weighted by Gasteiger charge is -2.21. The molecule has 8 nitrogen and oxygen atoms in total. The highest BCUT2D eigenvalue weighted by Crippen LogP contribution is 2.27. The van der Waals surface area contributed by atoms with Gasteiger partial charge in [-0.15, -0.1) is 24.0 Å². The summed E-state index contributed by atoms with van der Waals surface area (Å²) in [4.78, 5) is 11.6. The van der Waals surface area contributed by atoms with Crippen LogP contribution in [-0.4, -0.2) is 51.9 Å². The number of pyridine rings is 1. The number of ether oxygens (including phenoxy) is 2. The molecule has 1 aliphatic heterocycles. The molecule has 0 bridgehead atoms. The normalized spacial score (nSPS) is 15.7. The number of benzene rings is 1. The molecule has 1 unspecified atom stereocenters. The van der Waals surface area contributed by atoms with Gasteiger partial charge in [-0.1, -0.05) is 0 Å². The molecule has 1 saturated heterocycles. The zero-order valence-corrected chi connectivity index (χ0v) is 22.3. The summed E-state index contributed by atoms with van der Waals surface area (Å²) in [5.41, 5.74) is 2.34. The lowest BCUT2D eigenvalue weighted by atomic mass is 10.0. The summed E-state index contributed by atoms with van der Waals surface area (Å²) in [6, 6.07) is 11.5. The van der Waals surface area contributed by atoms with Gasteiger partial charge >= 0.3 is 0 Å². The first-order chi connectivity index (χ1) is 16.1. The average Bonchev–Trinajstić information content (AvgIpc) is 3.48. The third kappa shape index (κ3) is 6.85. The Morgan fingerprint density at radius 1 is 1.18 bits per heavy atom. The second-order valence-electron chi connectivity index (χ2n) is 8.06. The van der Waals surface area contributed by atoms with Crippen molar-refractivity contribution in [3.05, 3.63) is 66.1 Å². The van der Waals surface area contributed by atoms with Crippen molar-refractivity contribution in [3.8, 4) is 17.4 Å². The van der Waals surface area contributed by atoms with Gasteiger partial charge in [-0.2, -0.15) is 5.10 Å². The van der Waals surface area contributed by atoms with Crippen molar-refractivity contribution in [2.45, 2.75) is 32.7 Å². The Bertz CT molecular complexity index is 1070. The number of likely N-dealkylation sites (tertiary alicyclic amines) is 1. The second-order valence-corrected chi connectivity index (χ2v) is 8.06. The van der Waals surface area contributed by atoms with Crippen molar-refractivity contribution in [1.29, 1.82) is 0 Å². The Labute approximate surface area is 218 Å². The molecular weight excluding hydrogens is 543 g/mol. The van der Waals surface area contributed by atoms with E-state index in [9.17, 15) is 0 Å². The largest absolute Gasteiger partial charge is 0.494 e. The molecule has 1 aromatic carbocycles. The molecular formula is C25H33IN6O2. The molecule has 1 aliphatic rings. The summed E-state index contributed by atoms with van der Waals surface area (Å²) in [6.45, 7) is 8.01. The topological polar surface area (TPSA) is 76.8 Å². The maximum Gasteiger partial charge on any atom is 0.219 e. The monoisotopic (exact) mass is 576 g/mol. The van der Waals surface area contributed by atoms with Crippen molar-refractivity contribution in [2.24, 2.45) is 12.0 Å². The van der Waals surface area contributed by atoms with Gasteiger partial charge in [0.15, 0.2) is 5.96 Å². The fourth-order valence-corrected chi connectivity index (χ4v) is 3.96. The molecule has 182 valence electrons. The van der Waals surface area contributed by atoms with Crippen LogP contribution >= 0.6 is 24.0 Å². The Morgan fingerprint density at radius 3 is 2.68 bits per heavy atom. The van der Waals surface area contributed by atoms with E-state index in [2.05, 4.69) is 33.4 Å². The number of rotatable bonds is 8. The van der Waals surface area contributed by atoms with Gasteiger partial charge in [0.05, 0.1) is 19.3 Å². The Kier molecular flexibility index (Phi) is 9.55. The first-order valence-electron chi connectivity index (χ1n) is 11.5. The van der Waals surface area contributed by atoms with Crippen LogP contribution in [0.5, 0.6) is 17.4 Å². The first kappa shape index (κ1) is 25.8. The van der Waals surface area contributed by atoms with E-state index in [1.807, 2.05) is 61.2 Å². The van der Waals surface area contributed by atoms with Gasteiger partial charge < -0.3 is 19.7 Å². The Balaban J connectivity index is 0.00000324. The van der Waals surface area contributed by atoms with Crippen LogP contribution in [0.1, 0.15) is 37.3 Å². The van der Waals surface area contributed by atoms with E-state index < -0.39 is 0 Å². The molecule has 3 heterocycles. The summed E-state index contributed by atoms with van der Waals surface area (Å²) in [7, 11) is 1.96. The minimum absolute atomic E-state index is 0. The number of aromatic nitrogens is 3. The second kappa shape index (κ2) is 12.6. The number of aliphatic imine (C=N–C) groups is 1. The maximum absolute atomic E-state index is 5.92. The van der Waals surface area contributed by atoms with Crippen LogP contribution in [0.4, 0.5) is 0 Å².